The molecule has 0 saturated carbocycles. The largest absolute Gasteiger partial charge is 0.477 e. The topological polar surface area (TPSA) is 108 Å². The monoisotopic (exact) mass is 1120 g/mol. The number of allylic oxidation sites excluding steroid dienone is 28. The average molecular weight is 1120 g/mol. The second-order valence-corrected chi connectivity index (χ2v) is 21.2. The first kappa shape index (κ1) is 75.7. The van der Waals surface area contributed by atoms with Gasteiger partial charge in [0.2, 0.25) is 0 Å². The Morgan fingerprint density at radius 3 is 0.988 bits per heavy atom. The predicted octanol–water partition coefficient (Wildman–Crippen LogP) is 19.1. The smallest absolute Gasteiger partial charge is 0.361 e. The van der Waals surface area contributed by atoms with E-state index in [-0.39, 0.29) is 38.6 Å². The van der Waals surface area contributed by atoms with E-state index in [0.717, 1.165) is 173 Å². The van der Waals surface area contributed by atoms with Crippen LogP contribution in [0.1, 0.15) is 206 Å². The summed E-state index contributed by atoms with van der Waals surface area (Å²) in [6.07, 6.45) is 88.6. The maximum atomic E-state index is 12.9. The third-order valence-electron chi connectivity index (χ3n) is 12.5. The quantitative estimate of drug-likeness (QED) is 0.0211. The number of quaternary nitrogens is 1. The molecule has 9 heteroatoms. The Hall–Kier alpha value is -5.35. The van der Waals surface area contributed by atoms with Gasteiger partial charge in [-0.2, -0.15) is 0 Å². The van der Waals surface area contributed by atoms with E-state index in [1.807, 2.05) is 21.1 Å². The Morgan fingerprint density at radius 1 is 0.370 bits per heavy atom. The number of carbonyl (C=O) groups is 3. The highest BCUT2D eigenvalue weighted by Gasteiger charge is 2.25. The van der Waals surface area contributed by atoms with Gasteiger partial charge >= 0.3 is 17.9 Å². The fourth-order valence-electron chi connectivity index (χ4n) is 7.74. The minimum Gasteiger partial charge on any atom is -0.477 e. The van der Waals surface area contributed by atoms with Crippen LogP contribution in [0.2, 0.25) is 0 Å². The van der Waals surface area contributed by atoms with E-state index in [0.29, 0.717) is 17.4 Å². The highest BCUT2D eigenvalue weighted by Crippen LogP contribution is 2.13. The minimum atomic E-state index is -1.53. The van der Waals surface area contributed by atoms with Crippen molar-refractivity contribution in [2.24, 2.45) is 0 Å². The molecule has 0 radical (unpaired) electrons. The molecule has 2 unspecified atom stereocenters. The van der Waals surface area contributed by atoms with Crippen molar-refractivity contribution in [2.75, 3.05) is 47.5 Å². The first-order valence-electron chi connectivity index (χ1n) is 31.3. The van der Waals surface area contributed by atoms with Crippen LogP contribution in [0.5, 0.6) is 0 Å². The molecule has 0 spiro atoms. The zero-order valence-electron chi connectivity index (χ0n) is 51.6. The molecule has 0 aliphatic rings. The normalized spacial score (nSPS) is 13.9. The third kappa shape index (κ3) is 62.1. The van der Waals surface area contributed by atoms with Gasteiger partial charge in [-0.1, -0.05) is 235 Å². The van der Waals surface area contributed by atoms with E-state index in [4.69, 9.17) is 18.9 Å². The third-order valence-corrected chi connectivity index (χ3v) is 12.5. The number of carboxylic acid groups (broad SMARTS) is 1. The van der Waals surface area contributed by atoms with Gasteiger partial charge in [-0.05, 0) is 128 Å². The average Bonchev–Trinajstić information content (AvgIpc) is 3.44. The molecule has 0 rings (SSSR count). The molecule has 0 saturated heterocycles. The number of carbonyl (C=O) groups excluding carboxylic acids is 2. The Kier molecular flexibility index (Phi) is 56.7. The number of unbranched alkanes of at least 4 members (excludes halogenated alkanes) is 12. The van der Waals surface area contributed by atoms with Crippen LogP contribution < -0.4 is 0 Å². The fraction of sp³-hybridized carbons (Fsp3) is 0.569. The summed E-state index contributed by atoms with van der Waals surface area (Å²) in [6.45, 7) is 4.58. The van der Waals surface area contributed by atoms with Crippen molar-refractivity contribution in [3.8, 4) is 0 Å². The summed E-state index contributed by atoms with van der Waals surface area (Å²) >= 11 is 0. The van der Waals surface area contributed by atoms with Gasteiger partial charge in [-0.25, -0.2) is 4.79 Å². The molecule has 0 bridgehead atoms. The first-order valence-corrected chi connectivity index (χ1v) is 31.3. The van der Waals surface area contributed by atoms with Gasteiger partial charge in [0.05, 0.1) is 34.4 Å². The number of esters is 2. The second kappa shape index (κ2) is 60.7. The van der Waals surface area contributed by atoms with Gasteiger partial charge < -0.3 is 28.5 Å². The van der Waals surface area contributed by atoms with Gasteiger partial charge in [0.1, 0.15) is 13.2 Å². The van der Waals surface area contributed by atoms with E-state index in [1.54, 1.807) is 0 Å². The van der Waals surface area contributed by atoms with Crippen LogP contribution >= 0.6 is 0 Å². The van der Waals surface area contributed by atoms with Crippen molar-refractivity contribution in [2.45, 2.75) is 219 Å². The number of nitrogens with zero attached hydrogens (tertiary/aromatic N) is 1. The predicted molar refractivity (Wildman–Crippen MR) is 345 cm³/mol. The molecule has 0 heterocycles. The van der Waals surface area contributed by atoms with Crippen molar-refractivity contribution >= 4 is 17.9 Å². The minimum absolute atomic E-state index is 0.171. The van der Waals surface area contributed by atoms with Gasteiger partial charge in [0.15, 0.2) is 6.10 Å². The summed E-state index contributed by atoms with van der Waals surface area (Å²) in [5.41, 5.74) is 0. The molecule has 0 aromatic carbocycles. The van der Waals surface area contributed by atoms with Crippen LogP contribution in [0.3, 0.4) is 0 Å². The Morgan fingerprint density at radius 2 is 0.667 bits per heavy atom. The van der Waals surface area contributed by atoms with Crippen molar-refractivity contribution in [1.29, 1.82) is 0 Å². The summed E-state index contributed by atoms with van der Waals surface area (Å²) in [5, 5.41) is 9.73. The molecule has 0 aliphatic carbocycles. The molecular weight excluding hydrogens is 1010 g/mol. The van der Waals surface area contributed by atoms with Crippen LogP contribution in [-0.4, -0.2) is 87.4 Å². The van der Waals surface area contributed by atoms with Gasteiger partial charge in [0, 0.05) is 12.8 Å². The number of aliphatic carboxylic acids is 1. The highest BCUT2D eigenvalue weighted by molar-refractivity contribution is 5.71. The molecule has 9 nitrogen and oxygen atoms in total. The van der Waals surface area contributed by atoms with Crippen molar-refractivity contribution < 1.29 is 42.9 Å². The lowest BCUT2D eigenvalue weighted by Crippen LogP contribution is -2.40. The summed E-state index contributed by atoms with van der Waals surface area (Å²) in [5.74, 6) is -2.07. The van der Waals surface area contributed by atoms with Crippen molar-refractivity contribution in [1.82, 2.24) is 0 Å². The maximum Gasteiger partial charge on any atom is 0.361 e. The Labute approximate surface area is 495 Å². The SMILES string of the molecule is CC/C=C\C/C=C\C/C=C\C/C=C\C/C=C\C/C=C\C/C=C\C/C=C\CCCCCCCCC(=O)OC(COC(=O)CCCCCCCC/C=C\C/C=C\C/C=C\C/C=C\C/C=C\C/C=C\CC)COC(OCC[N+](C)(C)C)C(=O)O. The molecule has 0 fully saturated rings. The lowest BCUT2D eigenvalue weighted by atomic mass is 10.1. The Bertz CT molecular complexity index is 1930. The lowest BCUT2D eigenvalue weighted by molar-refractivity contribution is -0.870. The number of carboxylic acids is 1. The number of likely N-dealkylation sites (N-methyl/N-ethyl adjacent to an activating group) is 1. The molecule has 0 aromatic heterocycles. The van der Waals surface area contributed by atoms with Crippen LogP contribution in [-0.2, 0) is 33.3 Å². The second-order valence-electron chi connectivity index (χ2n) is 21.2. The lowest BCUT2D eigenvalue weighted by Gasteiger charge is -2.25. The maximum absolute atomic E-state index is 12.9. The molecule has 1 N–H and O–H groups in total. The molecule has 81 heavy (non-hydrogen) atoms. The molecule has 454 valence electrons. The summed E-state index contributed by atoms with van der Waals surface area (Å²) in [4.78, 5) is 37.5. The zero-order chi connectivity index (χ0) is 59.1. The van der Waals surface area contributed by atoms with Crippen LogP contribution in [0.25, 0.3) is 0 Å². The van der Waals surface area contributed by atoms with Crippen LogP contribution in [0.15, 0.2) is 170 Å². The van der Waals surface area contributed by atoms with E-state index in [1.165, 1.54) is 0 Å². The number of hydrogen-bond acceptors (Lipinski definition) is 7. The van der Waals surface area contributed by atoms with Crippen LogP contribution in [0.4, 0.5) is 0 Å². The first-order chi connectivity index (χ1) is 39.6. The summed E-state index contributed by atoms with van der Waals surface area (Å²) in [6, 6.07) is 0. The van der Waals surface area contributed by atoms with Crippen LogP contribution in [0, 0.1) is 0 Å². The van der Waals surface area contributed by atoms with Gasteiger partial charge in [0.25, 0.3) is 6.29 Å². The van der Waals surface area contributed by atoms with E-state index >= 15 is 0 Å². The van der Waals surface area contributed by atoms with Gasteiger partial charge in [-0.3, -0.25) is 9.59 Å². The summed E-state index contributed by atoms with van der Waals surface area (Å²) in [7, 11) is 5.94. The van der Waals surface area contributed by atoms with Crippen molar-refractivity contribution in [3.63, 3.8) is 0 Å². The zero-order valence-corrected chi connectivity index (χ0v) is 51.6. The molecular formula is C72H114NO8+. The fourth-order valence-corrected chi connectivity index (χ4v) is 7.74. The molecule has 2 atom stereocenters. The van der Waals surface area contributed by atoms with E-state index in [2.05, 4.69) is 184 Å². The van der Waals surface area contributed by atoms with Crippen molar-refractivity contribution in [3.05, 3.63) is 170 Å². The Balaban J connectivity index is 4.34. The number of ether oxygens (including phenoxy) is 4. The molecule has 0 aromatic rings. The highest BCUT2D eigenvalue weighted by atomic mass is 16.7. The molecule has 0 aliphatic heterocycles. The molecule has 0 amide bonds. The van der Waals surface area contributed by atoms with E-state index in [9.17, 15) is 19.5 Å². The number of hydrogen-bond donors (Lipinski definition) is 1. The standard InChI is InChI=1S/C72H113NO8/c1-6-8-10-12-14-16-18-20-22-24-26-28-30-32-33-34-35-36-37-39-41-43-45-47-49-51-53-55-57-59-61-63-70(75)81-68(67-80-72(71(76)77)78-65-64-73(3,4)5)66-79-69(74)62-60-58-56-54-52-50-48-46-44-42-40-38-31-29-27-25-23-21-19-17-15-13-11-9-7-2/h8-11,14-17,20-23,26-29,32-33,35-36,38-41,44-47,68,72H,6-7,12-13,18-19,24-25,30-31,34,37,42-43,48-67H2,1-5H3/p+1/b10-8-,11-9-,16-14-,17-15-,22-20-,23-21-,28-26-,29-27-,33-32-,36-35-,40-38-,41-39-,46-44-,47-45-. The number of rotatable bonds is 55. The van der Waals surface area contributed by atoms with Gasteiger partial charge in [-0.15, -0.1) is 0 Å². The summed E-state index contributed by atoms with van der Waals surface area (Å²) < 4.78 is 22.9. The van der Waals surface area contributed by atoms with E-state index < -0.39 is 24.3 Å².